The van der Waals surface area contributed by atoms with Crippen LogP contribution in [0.25, 0.3) is 21.5 Å². The Balaban J connectivity index is 0.000000364. The average Bonchev–Trinajstić information content (AvgIpc) is 2.93. The molecule has 5 rings (SSSR count). The third-order valence-corrected chi connectivity index (χ3v) is 7.61. The zero-order chi connectivity index (χ0) is 24.6. The molecule has 0 spiro atoms. The van der Waals surface area contributed by atoms with Gasteiger partial charge in [0.25, 0.3) is 5.91 Å². The normalized spacial score (nSPS) is 17.1. The van der Waals surface area contributed by atoms with Crippen LogP contribution < -0.4 is 0 Å². The predicted octanol–water partition coefficient (Wildman–Crippen LogP) is 5.57. The number of hydrogen-bond donors (Lipinski definition) is 0. The smallest absolute Gasteiger partial charge is 0.255 e. The highest BCUT2D eigenvalue weighted by molar-refractivity contribution is 6.18. The van der Waals surface area contributed by atoms with E-state index in [-0.39, 0.29) is 5.91 Å². The monoisotopic (exact) mass is 473 g/mol. The summed E-state index contributed by atoms with van der Waals surface area (Å²) < 4.78 is 0. The van der Waals surface area contributed by atoms with Gasteiger partial charge in [0, 0.05) is 32.2 Å². The Morgan fingerprint density at radius 3 is 1.89 bits per heavy atom. The maximum Gasteiger partial charge on any atom is 0.255 e. The van der Waals surface area contributed by atoms with Gasteiger partial charge < -0.3 is 14.7 Å². The lowest BCUT2D eigenvalue weighted by Gasteiger charge is -2.40. The third-order valence-electron chi connectivity index (χ3n) is 7.61. The Bertz CT molecular complexity index is 1070. The summed E-state index contributed by atoms with van der Waals surface area (Å²) in [7, 11) is 0. The lowest BCUT2D eigenvalue weighted by atomic mass is 9.94. The zero-order valence-electron chi connectivity index (χ0n) is 21.3. The van der Waals surface area contributed by atoms with Crippen LogP contribution in [0, 0.1) is 0 Å². The van der Waals surface area contributed by atoms with Crippen molar-refractivity contribution in [1.82, 2.24) is 14.7 Å². The van der Waals surface area contributed by atoms with Gasteiger partial charge in [0.2, 0.25) is 6.41 Å². The summed E-state index contributed by atoms with van der Waals surface area (Å²) in [6.07, 6.45) is 7.12. The van der Waals surface area contributed by atoms with E-state index >= 15 is 0 Å². The molecule has 0 unspecified atom stereocenters. The lowest BCUT2D eigenvalue weighted by molar-refractivity contribution is -0.117. The molecule has 0 N–H and O–H groups in total. The van der Waals surface area contributed by atoms with Crippen LogP contribution in [-0.4, -0.2) is 72.3 Å². The summed E-state index contributed by atoms with van der Waals surface area (Å²) in [5.74, 6) is 0.199. The molecule has 0 atom stereocenters. The molecular weight excluding hydrogens is 434 g/mol. The number of amides is 2. The van der Waals surface area contributed by atoms with Crippen LogP contribution >= 0.6 is 0 Å². The highest BCUT2D eigenvalue weighted by Gasteiger charge is 2.29. The van der Waals surface area contributed by atoms with Crippen molar-refractivity contribution in [2.45, 2.75) is 52.0 Å². The van der Waals surface area contributed by atoms with Gasteiger partial charge in [-0.05, 0) is 80.2 Å². The number of piperidine rings is 2. The summed E-state index contributed by atoms with van der Waals surface area (Å²) in [5, 5.41) is 4.44. The van der Waals surface area contributed by atoms with Gasteiger partial charge in [-0.1, -0.05) is 55.0 Å². The minimum Gasteiger partial charge on any atom is -0.346 e. The first-order chi connectivity index (χ1) is 17.2. The van der Waals surface area contributed by atoms with E-state index in [1.165, 1.54) is 32.4 Å². The minimum absolute atomic E-state index is 0.199. The van der Waals surface area contributed by atoms with Gasteiger partial charge in [-0.2, -0.15) is 0 Å². The van der Waals surface area contributed by atoms with Gasteiger partial charge in [-0.3, -0.25) is 9.59 Å². The van der Waals surface area contributed by atoms with Crippen molar-refractivity contribution in [3.05, 3.63) is 60.2 Å². The fraction of sp³-hybridized carbons (Fsp3) is 0.467. The molecule has 186 valence electrons. The molecule has 0 aliphatic carbocycles. The lowest BCUT2D eigenvalue weighted by Crippen LogP contribution is -2.48. The molecular formula is C30H39N3O2. The van der Waals surface area contributed by atoms with Crippen LogP contribution in [0.3, 0.4) is 0 Å². The van der Waals surface area contributed by atoms with Crippen LogP contribution in [0.15, 0.2) is 54.6 Å². The van der Waals surface area contributed by atoms with E-state index in [0.29, 0.717) is 6.04 Å². The largest absolute Gasteiger partial charge is 0.346 e. The molecule has 0 radical (unpaired) electrons. The van der Waals surface area contributed by atoms with E-state index in [4.69, 9.17) is 0 Å². The van der Waals surface area contributed by atoms with E-state index in [2.05, 4.69) is 52.3 Å². The predicted molar refractivity (Wildman–Crippen MR) is 145 cm³/mol. The van der Waals surface area contributed by atoms with Crippen molar-refractivity contribution >= 4 is 33.9 Å². The maximum atomic E-state index is 13.6. The average molecular weight is 474 g/mol. The fourth-order valence-electron chi connectivity index (χ4n) is 5.49. The first-order valence-corrected chi connectivity index (χ1v) is 13.3. The molecule has 0 saturated carbocycles. The summed E-state index contributed by atoms with van der Waals surface area (Å²) >= 11 is 0. The zero-order valence-corrected chi connectivity index (χ0v) is 21.3. The molecule has 2 heterocycles. The Labute approximate surface area is 209 Å². The van der Waals surface area contributed by atoms with Crippen LogP contribution in [0.5, 0.6) is 0 Å². The van der Waals surface area contributed by atoms with Gasteiger partial charge >= 0.3 is 0 Å². The van der Waals surface area contributed by atoms with E-state index in [0.717, 1.165) is 72.5 Å². The molecule has 3 aromatic carbocycles. The van der Waals surface area contributed by atoms with Crippen molar-refractivity contribution in [2.75, 3.05) is 39.3 Å². The number of carbonyl (C=O) groups is 2. The highest BCUT2D eigenvalue weighted by atomic mass is 16.2. The number of benzene rings is 3. The van der Waals surface area contributed by atoms with Crippen LogP contribution in [-0.2, 0) is 4.79 Å². The maximum absolute atomic E-state index is 13.6. The summed E-state index contributed by atoms with van der Waals surface area (Å²) in [4.78, 5) is 30.0. The Morgan fingerprint density at radius 2 is 1.40 bits per heavy atom. The molecule has 2 aliphatic heterocycles. The molecule has 0 bridgehead atoms. The number of carbonyl (C=O) groups excluding carboxylic acids is 2. The van der Waals surface area contributed by atoms with Crippen LogP contribution in [0.2, 0.25) is 0 Å². The van der Waals surface area contributed by atoms with E-state index in [1.807, 2.05) is 26.0 Å². The number of nitrogens with zero attached hydrogens (tertiary/aromatic N) is 3. The molecule has 35 heavy (non-hydrogen) atoms. The number of likely N-dealkylation sites (tertiary alicyclic amines) is 2. The van der Waals surface area contributed by atoms with E-state index in [1.54, 1.807) is 4.90 Å². The van der Waals surface area contributed by atoms with Crippen LogP contribution in [0.4, 0.5) is 0 Å². The van der Waals surface area contributed by atoms with E-state index < -0.39 is 0 Å². The first kappa shape index (κ1) is 25.2. The second-order valence-corrected chi connectivity index (χ2v) is 9.64. The summed E-state index contributed by atoms with van der Waals surface area (Å²) in [6, 6.07) is 19.4. The number of fused-ring (bicyclic) bond motifs is 2. The molecule has 5 nitrogen and oxygen atoms in total. The Kier molecular flexibility index (Phi) is 8.75. The quantitative estimate of drug-likeness (QED) is 0.360. The number of hydrogen-bond acceptors (Lipinski definition) is 3. The van der Waals surface area contributed by atoms with Gasteiger partial charge in [-0.25, -0.2) is 0 Å². The van der Waals surface area contributed by atoms with Crippen molar-refractivity contribution < 1.29 is 9.59 Å². The molecule has 2 saturated heterocycles. The summed E-state index contributed by atoms with van der Waals surface area (Å²) in [6.45, 7) is 9.78. The van der Waals surface area contributed by atoms with Crippen molar-refractivity contribution in [3.63, 3.8) is 0 Å². The van der Waals surface area contributed by atoms with Crippen LogP contribution in [0.1, 0.15) is 56.3 Å². The standard InChI is InChI=1S/C25H28N2O.C5H11NO/c28-25(27-16-12-21(13-17-27)26-14-6-1-7-15-26)24-22-10-4-2-8-19(22)18-20-9-3-5-11-23(20)24;1-3-6(4-2)5-7/h2-5,8-11,18,21H,1,6-7,12-17H2;5H,3-4H2,1-2H3. The molecule has 3 aromatic rings. The van der Waals surface area contributed by atoms with Gasteiger partial charge in [0.1, 0.15) is 0 Å². The van der Waals surface area contributed by atoms with Gasteiger partial charge in [0.05, 0.1) is 5.56 Å². The third kappa shape index (κ3) is 5.84. The highest BCUT2D eigenvalue weighted by Crippen LogP contribution is 2.31. The Morgan fingerprint density at radius 1 is 0.857 bits per heavy atom. The topological polar surface area (TPSA) is 43.9 Å². The Hall–Kier alpha value is -2.92. The second-order valence-electron chi connectivity index (χ2n) is 9.64. The molecule has 2 aliphatic rings. The summed E-state index contributed by atoms with van der Waals surface area (Å²) in [5.41, 5.74) is 0.880. The molecule has 5 heteroatoms. The molecule has 0 aromatic heterocycles. The van der Waals surface area contributed by atoms with Crippen molar-refractivity contribution in [2.24, 2.45) is 0 Å². The van der Waals surface area contributed by atoms with Gasteiger partial charge in [0.15, 0.2) is 0 Å². The second kappa shape index (κ2) is 12.2. The SMILES string of the molecule is CCN(C=O)CC.O=C(c1c2ccccc2cc2ccccc12)N1CCC(N2CCCCC2)CC1. The fourth-order valence-corrected chi connectivity index (χ4v) is 5.49. The first-order valence-electron chi connectivity index (χ1n) is 13.3. The van der Waals surface area contributed by atoms with Crippen molar-refractivity contribution in [3.8, 4) is 0 Å². The molecule has 2 amide bonds. The molecule has 2 fully saturated rings. The van der Waals surface area contributed by atoms with Gasteiger partial charge in [-0.15, -0.1) is 0 Å². The van der Waals surface area contributed by atoms with E-state index in [9.17, 15) is 9.59 Å². The number of rotatable bonds is 5. The minimum atomic E-state index is 0.199. The van der Waals surface area contributed by atoms with Crippen molar-refractivity contribution in [1.29, 1.82) is 0 Å².